The highest BCUT2D eigenvalue weighted by Crippen LogP contribution is 2.45. The van der Waals surface area contributed by atoms with Crippen LogP contribution in [0.15, 0.2) is 42.5 Å². The number of carboxylic acid groups (broad SMARTS) is 1. The van der Waals surface area contributed by atoms with Gasteiger partial charge < -0.3 is 24.3 Å². The Kier molecular flexibility index (Phi) is 4.66. The third kappa shape index (κ3) is 3.00. The summed E-state index contributed by atoms with van der Waals surface area (Å²) < 4.78 is 10.8. The number of alkyl halides is 1. The van der Waals surface area contributed by atoms with Crippen LogP contribution in [0, 0.1) is 0 Å². The van der Waals surface area contributed by atoms with Crippen LogP contribution < -0.4 is 14.6 Å². The molecule has 140 valence electrons. The first-order chi connectivity index (χ1) is 13.1. The molecule has 2 heterocycles. The molecule has 2 aromatic carbocycles. The van der Waals surface area contributed by atoms with Crippen LogP contribution in [0.5, 0.6) is 11.5 Å². The minimum atomic E-state index is -1.23. The maximum Gasteiger partial charge on any atom is 0.254 e. The fourth-order valence-electron chi connectivity index (χ4n) is 3.79. The van der Waals surface area contributed by atoms with Crippen molar-refractivity contribution in [2.24, 2.45) is 0 Å². The molecule has 0 saturated carbocycles. The number of halogens is 1. The Morgan fingerprint density at radius 1 is 1.19 bits per heavy atom. The molecular weight excluding hydrogens is 370 g/mol. The molecule has 4 rings (SSSR count). The van der Waals surface area contributed by atoms with Crippen LogP contribution in [0.2, 0.25) is 0 Å². The molecule has 0 bridgehead atoms. The molecule has 27 heavy (non-hydrogen) atoms. The lowest BCUT2D eigenvalue weighted by Gasteiger charge is -2.43. The normalized spacial score (nSPS) is 20.5. The standard InChI is InChI=1S/C20H18ClNO5/c21-8-3-9-22-18(12-6-7-15-16(10-12)27-11-26-15)17(20(24)25)13-4-1-2-5-14(13)19(22)23/h1-2,4-7,10,17-18H,3,8-9,11H2,(H,24,25)/p-1/t17-,18-/m1/s1. The lowest BCUT2D eigenvalue weighted by Crippen LogP contribution is -2.48. The van der Waals surface area contributed by atoms with Crippen molar-refractivity contribution in [3.05, 3.63) is 59.2 Å². The van der Waals surface area contributed by atoms with E-state index in [1.165, 1.54) is 0 Å². The van der Waals surface area contributed by atoms with E-state index in [0.29, 0.717) is 47.0 Å². The molecule has 0 saturated heterocycles. The van der Waals surface area contributed by atoms with Crippen LogP contribution in [-0.4, -0.2) is 36.0 Å². The third-order valence-corrected chi connectivity index (χ3v) is 5.23. The van der Waals surface area contributed by atoms with Crippen LogP contribution in [0.1, 0.15) is 39.9 Å². The molecule has 6 nitrogen and oxygen atoms in total. The summed E-state index contributed by atoms with van der Waals surface area (Å²) in [5.74, 6) is -0.930. The number of fused-ring (bicyclic) bond motifs is 2. The number of amides is 1. The van der Waals surface area contributed by atoms with E-state index in [9.17, 15) is 14.7 Å². The van der Waals surface area contributed by atoms with E-state index < -0.39 is 17.9 Å². The third-order valence-electron chi connectivity index (χ3n) is 4.96. The lowest BCUT2D eigenvalue weighted by molar-refractivity contribution is -0.309. The molecule has 0 aromatic heterocycles. The van der Waals surface area contributed by atoms with Gasteiger partial charge in [0.2, 0.25) is 6.79 Å². The van der Waals surface area contributed by atoms with Gasteiger partial charge in [-0.25, -0.2) is 0 Å². The van der Waals surface area contributed by atoms with Gasteiger partial charge in [-0.3, -0.25) is 4.79 Å². The number of carbonyl (C=O) groups is 2. The Morgan fingerprint density at radius 2 is 1.96 bits per heavy atom. The lowest BCUT2D eigenvalue weighted by atomic mass is 9.79. The Balaban J connectivity index is 1.86. The van der Waals surface area contributed by atoms with Gasteiger partial charge in [0.05, 0.1) is 12.0 Å². The predicted octanol–water partition coefficient (Wildman–Crippen LogP) is 2.07. The largest absolute Gasteiger partial charge is 0.549 e. The summed E-state index contributed by atoms with van der Waals surface area (Å²) in [6, 6.07) is 11.3. The fraction of sp³-hybridized carbons (Fsp3) is 0.300. The first-order valence-electron chi connectivity index (χ1n) is 8.68. The van der Waals surface area contributed by atoms with Crippen molar-refractivity contribution in [3.63, 3.8) is 0 Å². The van der Waals surface area contributed by atoms with Gasteiger partial charge in [-0.2, -0.15) is 0 Å². The zero-order chi connectivity index (χ0) is 19.0. The van der Waals surface area contributed by atoms with E-state index in [4.69, 9.17) is 21.1 Å². The van der Waals surface area contributed by atoms with Crippen molar-refractivity contribution in [2.45, 2.75) is 18.4 Å². The van der Waals surface area contributed by atoms with Gasteiger partial charge >= 0.3 is 0 Å². The molecule has 1 amide bonds. The molecule has 2 aliphatic heterocycles. The summed E-state index contributed by atoms with van der Waals surface area (Å²) >= 11 is 5.83. The molecule has 2 aromatic rings. The number of ether oxygens (including phenoxy) is 2. The second-order valence-corrected chi connectivity index (χ2v) is 6.86. The summed E-state index contributed by atoms with van der Waals surface area (Å²) in [5.41, 5.74) is 1.51. The second-order valence-electron chi connectivity index (χ2n) is 6.48. The van der Waals surface area contributed by atoms with E-state index in [-0.39, 0.29) is 12.7 Å². The smallest absolute Gasteiger partial charge is 0.254 e. The monoisotopic (exact) mass is 386 g/mol. The number of rotatable bonds is 5. The summed E-state index contributed by atoms with van der Waals surface area (Å²) in [6.45, 7) is 0.463. The Labute approximate surface area is 161 Å². The van der Waals surface area contributed by atoms with Crippen molar-refractivity contribution in [1.29, 1.82) is 0 Å². The highest BCUT2D eigenvalue weighted by Gasteiger charge is 2.41. The number of hydrogen-bond donors (Lipinski definition) is 0. The maximum absolute atomic E-state index is 13.1. The molecule has 7 heteroatoms. The molecule has 2 aliphatic rings. The number of carbonyl (C=O) groups excluding carboxylic acids is 2. The van der Waals surface area contributed by atoms with Crippen molar-refractivity contribution >= 4 is 23.5 Å². The van der Waals surface area contributed by atoms with Crippen LogP contribution in [0.4, 0.5) is 0 Å². The molecule has 0 radical (unpaired) electrons. The average molecular weight is 387 g/mol. The van der Waals surface area contributed by atoms with Crippen molar-refractivity contribution in [1.82, 2.24) is 4.90 Å². The quantitative estimate of drug-likeness (QED) is 0.735. The number of hydrogen-bond acceptors (Lipinski definition) is 5. The first kappa shape index (κ1) is 17.7. The minimum Gasteiger partial charge on any atom is -0.549 e. The van der Waals surface area contributed by atoms with Gasteiger partial charge in [-0.15, -0.1) is 11.6 Å². The fourth-order valence-corrected chi connectivity index (χ4v) is 3.91. The van der Waals surface area contributed by atoms with Crippen LogP contribution in [0.25, 0.3) is 0 Å². The van der Waals surface area contributed by atoms with Gasteiger partial charge in [-0.1, -0.05) is 24.3 Å². The topological polar surface area (TPSA) is 78.9 Å². The highest BCUT2D eigenvalue weighted by atomic mass is 35.5. The second kappa shape index (κ2) is 7.12. The number of benzene rings is 2. The SMILES string of the molecule is O=C([O-])[C@@H]1c2ccccc2C(=O)N(CCCCl)[C@@H]1c1ccc2c(c1)OCO2. The molecule has 0 spiro atoms. The molecule has 0 fully saturated rings. The zero-order valence-corrected chi connectivity index (χ0v) is 15.1. The summed E-state index contributed by atoms with van der Waals surface area (Å²) in [6.07, 6.45) is 0.552. The van der Waals surface area contributed by atoms with Crippen molar-refractivity contribution in [2.75, 3.05) is 19.2 Å². The predicted molar refractivity (Wildman–Crippen MR) is 95.9 cm³/mol. The minimum absolute atomic E-state index is 0.116. The summed E-state index contributed by atoms with van der Waals surface area (Å²) in [4.78, 5) is 26.8. The van der Waals surface area contributed by atoms with Gasteiger partial charge in [0, 0.05) is 23.9 Å². The molecule has 0 N–H and O–H groups in total. The molecule has 0 unspecified atom stereocenters. The van der Waals surface area contributed by atoms with E-state index in [2.05, 4.69) is 0 Å². The molecular formula is C20H17ClNO5-. The first-order valence-corrected chi connectivity index (χ1v) is 9.21. The summed E-state index contributed by atoms with van der Waals surface area (Å²) in [5, 5.41) is 12.1. The van der Waals surface area contributed by atoms with Crippen LogP contribution >= 0.6 is 11.6 Å². The van der Waals surface area contributed by atoms with Gasteiger partial charge in [0.15, 0.2) is 11.5 Å². The molecule has 2 atom stereocenters. The van der Waals surface area contributed by atoms with Gasteiger partial charge in [0.1, 0.15) is 0 Å². The zero-order valence-electron chi connectivity index (χ0n) is 14.4. The van der Waals surface area contributed by atoms with E-state index in [1.807, 2.05) is 0 Å². The van der Waals surface area contributed by atoms with E-state index in [1.54, 1.807) is 47.4 Å². The van der Waals surface area contributed by atoms with Crippen LogP contribution in [-0.2, 0) is 4.79 Å². The number of carboxylic acids is 1. The van der Waals surface area contributed by atoms with E-state index >= 15 is 0 Å². The average Bonchev–Trinajstić information content (AvgIpc) is 3.14. The van der Waals surface area contributed by atoms with Crippen LogP contribution in [0.3, 0.4) is 0 Å². The van der Waals surface area contributed by atoms with E-state index in [0.717, 1.165) is 0 Å². The Morgan fingerprint density at radius 3 is 2.74 bits per heavy atom. The molecule has 0 aliphatic carbocycles. The van der Waals surface area contributed by atoms with Gasteiger partial charge in [0.25, 0.3) is 5.91 Å². The Bertz CT molecular complexity index is 900. The van der Waals surface area contributed by atoms with Crippen molar-refractivity contribution < 1.29 is 24.2 Å². The highest BCUT2D eigenvalue weighted by molar-refractivity contribution is 6.17. The Hall–Kier alpha value is -2.73. The van der Waals surface area contributed by atoms with Crippen molar-refractivity contribution in [3.8, 4) is 11.5 Å². The number of nitrogens with zero attached hydrogens (tertiary/aromatic N) is 1. The maximum atomic E-state index is 13.1. The summed E-state index contributed by atoms with van der Waals surface area (Å²) in [7, 11) is 0. The number of aliphatic carboxylic acids is 1. The van der Waals surface area contributed by atoms with Gasteiger partial charge in [-0.05, 0) is 35.7 Å².